The van der Waals surface area contributed by atoms with Crippen LogP contribution < -0.4 is 20.1 Å². The number of rotatable bonds is 9. The number of hydrogen-bond donors (Lipinski definition) is 0. The molecule has 0 heterocycles. The summed E-state index contributed by atoms with van der Waals surface area (Å²) in [5, 5.41) is 2.08. The van der Waals surface area contributed by atoms with Crippen molar-refractivity contribution in [2.75, 3.05) is 20.8 Å². The van der Waals surface area contributed by atoms with E-state index < -0.39 is 8.15 Å². The number of carbonyl (C=O) groups is 1. The topological polar surface area (TPSA) is 44.8 Å². The molecular formula is C20H26LiO4P. The van der Waals surface area contributed by atoms with E-state index in [9.17, 15) is 4.79 Å². The molecule has 0 bridgehead atoms. The normalized spacial score (nSPS) is 11.6. The van der Waals surface area contributed by atoms with Crippen molar-refractivity contribution in [2.24, 2.45) is 5.92 Å². The minimum absolute atomic E-state index is 0. The van der Waals surface area contributed by atoms with Crippen LogP contribution in [0.15, 0.2) is 42.5 Å². The summed E-state index contributed by atoms with van der Waals surface area (Å²) in [4.78, 5) is 11.4. The SMILES string of the molecule is COc1cc(P(OCCC(C)C)c2ccccc2)cc(OC)c1C=O.[LiH]. The molecule has 0 amide bonds. The maximum absolute atomic E-state index is 11.4. The van der Waals surface area contributed by atoms with Gasteiger partial charge < -0.3 is 14.0 Å². The van der Waals surface area contributed by atoms with E-state index in [1.54, 1.807) is 14.2 Å². The van der Waals surface area contributed by atoms with Crippen molar-refractivity contribution in [3.05, 3.63) is 48.0 Å². The molecule has 2 rings (SSSR count). The minimum atomic E-state index is -1.02. The summed E-state index contributed by atoms with van der Waals surface area (Å²) in [7, 11) is 2.08. The molecule has 4 nitrogen and oxygen atoms in total. The molecule has 0 fully saturated rings. The molecule has 0 saturated carbocycles. The van der Waals surface area contributed by atoms with Crippen LogP contribution in [0.2, 0.25) is 0 Å². The van der Waals surface area contributed by atoms with E-state index in [4.69, 9.17) is 14.0 Å². The van der Waals surface area contributed by atoms with E-state index in [0.717, 1.165) is 23.3 Å². The Hall–Kier alpha value is -1.30. The molecule has 26 heavy (non-hydrogen) atoms. The summed E-state index contributed by atoms with van der Waals surface area (Å²) in [6.07, 6.45) is 1.75. The van der Waals surface area contributed by atoms with Crippen LogP contribution in [-0.4, -0.2) is 46.0 Å². The van der Waals surface area contributed by atoms with Gasteiger partial charge in [0.15, 0.2) is 6.29 Å². The summed E-state index contributed by atoms with van der Waals surface area (Å²) < 4.78 is 17.0. The molecule has 0 radical (unpaired) electrons. The van der Waals surface area contributed by atoms with Crippen LogP contribution in [-0.2, 0) is 4.52 Å². The van der Waals surface area contributed by atoms with Gasteiger partial charge in [0.2, 0.25) is 0 Å². The molecule has 1 atom stereocenters. The third kappa shape index (κ3) is 5.86. The van der Waals surface area contributed by atoms with E-state index >= 15 is 0 Å². The van der Waals surface area contributed by atoms with E-state index in [2.05, 4.69) is 26.0 Å². The van der Waals surface area contributed by atoms with Crippen molar-refractivity contribution >= 4 is 43.9 Å². The van der Waals surface area contributed by atoms with Crippen molar-refractivity contribution < 1.29 is 18.8 Å². The van der Waals surface area contributed by atoms with E-state index in [1.165, 1.54) is 0 Å². The van der Waals surface area contributed by atoms with Gasteiger partial charge in [-0.15, -0.1) is 0 Å². The second-order valence-corrected chi connectivity index (χ2v) is 7.91. The van der Waals surface area contributed by atoms with Crippen molar-refractivity contribution in [3.63, 3.8) is 0 Å². The second kappa shape index (κ2) is 11.4. The molecule has 6 heteroatoms. The van der Waals surface area contributed by atoms with Crippen molar-refractivity contribution in [3.8, 4) is 11.5 Å². The average molecular weight is 368 g/mol. The molecule has 0 saturated heterocycles. The van der Waals surface area contributed by atoms with Gasteiger partial charge in [0.1, 0.15) is 11.5 Å². The molecule has 136 valence electrons. The number of ether oxygens (including phenoxy) is 2. The van der Waals surface area contributed by atoms with E-state index in [1.807, 2.05) is 30.3 Å². The number of carbonyl (C=O) groups excluding carboxylic acids is 1. The maximum atomic E-state index is 11.4. The molecule has 0 aliphatic rings. The fraction of sp³-hybridized carbons (Fsp3) is 0.350. The summed E-state index contributed by atoms with van der Waals surface area (Å²) in [5.74, 6) is 1.58. The number of benzene rings is 2. The first-order valence-corrected chi connectivity index (χ1v) is 9.56. The molecule has 0 N–H and O–H groups in total. The van der Waals surface area contributed by atoms with Crippen LogP contribution in [0.5, 0.6) is 11.5 Å². The Kier molecular flexibility index (Phi) is 9.99. The number of hydrogen-bond acceptors (Lipinski definition) is 4. The first kappa shape index (κ1) is 22.7. The van der Waals surface area contributed by atoms with Gasteiger partial charge in [-0.3, -0.25) is 4.79 Å². The van der Waals surface area contributed by atoms with Gasteiger partial charge >= 0.3 is 18.9 Å². The van der Waals surface area contributed by atoms with Crippen LogP contribution >= 0.6 is 8.15 Å². The zero-order chi connectivity index (χ0) is 18.2. The summed E-state index contributed by atoms with van der Waals surface area (Å²) in [5.41, 5.74) is 0.416. The van der Waals surface area contributed by atoms with Crippen LogP contribution in [0.3, 0.4) is 0 Å². The zero-order valence-corrected chi connectivity index (χ0v) is 16.1. The standard InChI is InChI=1S/C20H25O4P.Li.H/c1-15(2)10-11-24-25(16-8-6-5-7-9-16)17-12-19(22-3)18(14-21)20(13-17)23-4;;/h5-9,12-15H,10-11H2,1-4H3;;. The first-order chi connectivity index (χ1) is 12.1. The predicted molar refractivity (Wildman–Crippen MR) is 110 cm³/mol. The molecule has 1 unspecified atom stereocenters. The predicted octanol–water partition coefficient (Wildman–Crippen LogP) is 3.28. The Morgan fingerprint density at radius 1 is 1.00 bits per heavy atom. The Morgan fingerprint density at radius 2 is 1.58 bits per heavy atom. The van der Waals surface area contributed by atoms with E-state index in [0.29, 0.717) is 29.6 Å². The fourth-order valence-corrected chi connectivity index (χ4v) is 4.20. The van der Waals surface area contributed by atoms with Gasteiger partial charge in [-0.1, -0.05) is 44.2 Å². The molecule has 0 spiro atoms. The molecule has 2 aromatic carbocycles. The van der Waals surface area contributed by atoms with Crippen molar-refractivity contribution in [1.29, 1.82) is 0 Å². The molecule has 0 aliphatic carbocycles. The average Bonchev–Trinajstić information content (AvgIpc) is 2.64. The zero-order valence-electron chi connectivity index (χ0n) is 15.2. The fourth-order valence-electron chi connectivity index (χ4n) is 2.40. The molecular weight excluding hydrogens is 342 g/mol. The Balaban J connectivity index is 0.00000338. The Morgan fingerprint density at radius 3 is 2.04 bits per heavy atom. The quantitative estimate of drug-likeness (QED) is 0.387. The number of methoxy groups -OCH3 is 2. The van der Waals surface area contributed by atoms with Crippen molar-refractivity contribution in [2.45, 2.75) is 20.3 Å². The van der Waals surface area contributed by atoms with Gasteiger partial charge in [0.25, 0.3) is 0 Å². The van der Waals surface area contributed by atoms with Gasteiger partial charge in [-0.05, 0) is 24.5 Å². The van der Waals surface area contributed by atoms with Crippen LogP contribution in [0.1, 0.15) is 30.6 Å². The first-order valence-electron chi connectivity index (χ1n) is 8.30. The summed E-state index contributed by atoms with van der Waals surface area (Å²) in [6.45, 7) is 5.04. The second-order valence-electron chi connectivity index (χ2n) is 6.03. The Labute approximate surface area is 169 Å². The van der Waals surface area contributed by atoms with Gasteiger partial charge in [0, 0.05) is 10.6 Å². The third-order valence-corrected chi connectivity index (χ3v) is 5.72. The summed E-state index contributed by atoms with van der Waals surface area (Å²) >= 11 is 0. The molecule has 0 aromatic heterocycles. The molecule has 2 aromatic rings. The number of aldehydes is 1. The van der Waals surface area contributed by atoms with E-state index in [-0.39, 0.29) is 18.9 Å². The Bertz CT molecular complexity index is 666. The summed E-state index contributed by atoms with van der Waals surface area (Å²) in [6, 6.07) is 13.9. The van der Waals surface area contributed by atoms with Gasteiger partial charge in [0.05, 0.1) is 34.5 Å². The van der Waals surface area contributed by atoms with Crippen molar-refractivity contribution in [1.82, 2.24) is 0 Å². The molecule has 0 aliphatic heterocycles. The van der Waals surface area contributed by atoms with Gasteiger partial charge in [-0.25, -0.2) is 0 Å². The van der Waals surface area contributed by atoms with Crippen LogP contribution in [0.25, 0.3) is 0 Å². The monoisotopic (exact) mass is 368 g/mol. The van der Waals surface area contributed by atoms with Crippen LogP contribution in [0.4, 0.5) is 0 Å². The van der Waals surface area contributed by atoms with Gasteiger partial charge in [-0.2, -0.15) is 0 Å². The van der Waals surface area contributed by atoms with Crippen LogP contribution in [0, 0.1) is 5.92 Å². The third-order valence-electron chi connectivity index (χ3n) is 3.79.